The van der Waals surface area contributed by atoms with Crippen LogP contribution in [0.3, 0.4) is 0 Å². The van der Waals surface area contributed by atoms with E-state index in [1.807, 2.05) is 0 Å². The van der Waals surface area contributed by atoms with Crippen LogP contribution in [0.2, 0.25) is 0 Å². The van der Waals surface area contributed by atoms with Crippen molar-refractivity contribution in [3.05, 3.63) is 76.5 Å². The minimum atomic E-state index is -0.555. The van der Waals surface area contributed by atoms with Crippen molar-refractivity contribution in [2.75, 3.05) is 32.2 Å². The van der Waals surface area contributed by atoms with E-state index < -0.39 is 10.8 Å². The minimum Gasteiger partial charge on any atom is -0.489 e. The second-order valence-corrected chi connectivity index (χ2v) is 7.66. The van der Waals surface area contributed by atoms with Gasteiger partial charge in [-0.2, -0.15) is 0 Å². The lowest BCUT2D eigenvalue weighted by Gasteiger charge is -2.16. The number of aromatic nitrogens is 2. The fourth-order valence-corrected chi connectivity index (χ4v) is 3.73. The van der Waals surface area contributed by atoms with Crippen LogP contribution in [0.25, 0.3) is 16.8 Å². The lowest BCUT2D eigenvalue weighted by molar-refractivity contribution is -0.389. The van der Waals surface area contributed by atoms with Crippen molar-refractivity contribution in [1.29, 1.82) is 0 Å². The van der Waals surface area contributed by atoms with Gasteiger partial charge in [0.05, 0.1) is 29.3 Å². The normalized spacial score (nSPS) is 12.4. The molecular formula is C24H23N5O6. The van der Waals surface area contributed by atoms with Gasteiger partial charge in [0.2, 0.25) is 5.91 Å². The lowest BCUT2D eigenvalue weighted by Crippen LogP contribution is -2.31. The van der Waals surface area contributed by atoms with E-state index in [-0.39, 0.29) is 18.3 Å². The van der Waals surface area contributed by atoms with Crippen LogP contribution in [-0.4, -0.2) is 53.4 Å². The molecule has 2 aromatic carbocycles. The zero-order chi connectivity index (χ0) is 24.9. The molecule has 0 saturated heterocycles. The summed E-state index contributed by atoms with van der Waals surface area (Å²) in [5.74, 6) is -0.535. The quantitative estimate of drug-likeness (QED) is 0.209. The summed E-state index contributed by atoms with van der Waals surface area (Å²) in [6.07, 6.45) is 3.30. The van der Waals surface area contributed by atoms with Crippen molar-refractivity contribution in [1.82, 2.24) is 15.1 Å². The maximum Gasteiger partial charge on any atom is 0.398 e. The smallest absolute Gasteiger partial charge is 0.398 e. The van der Waals surface area contributed by atoms with Gasteiger partial charge in [-0.05, 0) is 58.9 Å². The van der Waals surface area contributed by atoms with E-state index in [2.05, 4.69) is 22.3 Å². The Labute approximate surface area is 200 Å². The highest BCUT2D eigenvalue weighted by molar-refractivity contribution is 6.00. The van der Waals surface area contributed by atoms with E-state index in [4.69, 9.17) is 9.47 Å². The van der Waals surface area contributed by atoms with E-state index in [0.717, 1.165) is 11.6 Å². The molecule has 180 valence electrons. The second-order valence-electron chi connectivity index (χ2n) is 7.66. The van der Waals surface area contributed by atoms with Crippen molar-refractivity contribution >= 4 is 23.3 Å². The predicted octanol–water partition coefficient (Wildman–Crippen LogP) is 2.88. The first-order valence-corrected chi connectivity index (χ1v) is 10.8. The maximum absolute atomic E-state index is 12.0. The van der Waals surface area contributed by atoms with Gasteiger partial charge in [-0.25, -0.2) is 0 Å². The zero-order valence-corrected chi connectivity index (χ0v) is 18.9. The Balaban J connectivity index is 1.74. The molecule has 1 aliphatic rings. The number of hydrogen-bond donors (Lipinski definition) is 2. The first-order valence-electron chi connectivity index (χ1n) is 10.8. The van der Waals surface area contributed by atoms with Crippen LogP contribution < -0.4 is 15.4 Å². The molecule has 0 spiro atoms. The molecule has 0 unspecified atom stereocenters. The summed E-state index contributed by atoms with van der Waals surface area (Å²) in [4.78, 5) is 35.2. The fourth-order valence-electron chi connectivity index (χ4n) is 3.73. The van der Waals surface area contributed by atoms with Crippen molar-refractivity contribution in [3.8, 4) is 22.6 Å². The first-order chi connectivity index (χ1) is 16.9. The molecule has 2 N–H and O–H groups in total. The third kappa shape index (κ3) is 5.04. The Morgan fingerprint density at radius 1 is 1.29 bits per heavy atom. The zero-order valence-electron chi connectivity index (χ0n) is 18.9. The third-order valence-electron chi connectivity index (χ3n) is 5.42. The van der Waals surface area contributed by atoms with Crippen molar-refractivity contribution in [2.24, 2.45) is 0 Å². The SMILES string of the molecule is C=CC(=O)Nc1cc(-n2cc(-c3ccc4c(c3)CCNC4=O)c([N+](=O)[O-])n2)ccc1OCCOC. The number of ether oxygens (including phenoxy) is 2. The van der Waals surface area contributed by atoms with Gasteiger partial charge in [-0.1, -0.05) is 12.6 Å². The van der Waals surface area contributed by atoms with Gasteiger partial charge < -0.3 is 30.2 Å². The Kier molecular flexibility index (Phi) is 6.88. The van der Waals surface area contributed by atoms with E-state index in [1.165, 1.54) is 4.68 Å². The Morgan fingerprint density at radius 3 is 2.86 bits per heavy atom. The van der Waals surface area contributed by atoms with Crippen LogP contribution in [-0.2, 0) is 16.0 Å². The molecule has 11 nitrogen and oxygen atoms in total. The number of nitro groups is 1. The number of carbonyl (C=O) groups excluding carboxylic acids is 2. The number of amides is 2. The largest absolute Gasteiger partial charge is 0.489 e. The van der Waals surface area contributed by atoms with Crippen molar-refractivity contribution in [3.63, 3.8) is 0 Å². The average Bonchev–Trinajstić information content (AvgIpc) is 3.31. The fraction of sp³-hybridized carbons (Fsp3) is 0.208. The molecule has 2 amide bonds. The van der Waals surface area contributed by atoms with Crippen LogP contribution in [0.1, 0.15) is 15.9 Å². The van der Waals surface area contributed by atoms with Crippen LogP contribution >= 0.6 is 0 Å². The number of rotatable bonds is 9. The second kappa shape index (κ2) is 10.2. The summed E-state index contributed by atoms with van der Waals surface area (Å²) >= 11 is 0. The highest BCUT2D eigenvalue weighted by atomic mass is 16.6. The lowest BCUT2D eigenvalue weighted by atomic mass is 9.96. The maximum atomic E-state index is 12.0. The number of anilines is 1. The van der Waals surface area contributed by atoms with E-state index in [1.54, 1.807) is 49.7 Å². The summed E-state index contributed by atoms with van der Waals surface area (Å²) in [5, 5.41) is 21.4. The third-order valence-corrected chi connectivity index (χ3v) is 5.42. The summed E-state index contributed by atoms with van der Waals surface area (Å²) in [5.41, 5.74) is 3.08. The predicted molar refractivity (Wildman–Crippen MR) is 128 cm³/mol. The first kappa shape index (κ1) is 23.6. The van der Waals surface area contributed by atoms with Gasteiger partial charge in [0, 0.05) is 19.2 Å². The molecule has 4 rings (SSSR count). The summed E-state index contributed by atoms with van der Waals surface area (Å²) in [7, 11) is 1.55. The Hall–Kier alpha value is -4.51. The van der Waals surface area contributed by atoms with Crippen LogP contribution in [0, 0.1) is 10.1 Å². The van der Waals surface area contributed by atoms with E-state index in [9.17, 15) is 19.7 Å². The summed E-state index contributed by atoms with van der Waals surface area (Å²) < 4.78 is 12.0. The number of carbonyl (C=O) groups is 2. The highest BCUT2D eigenvalue weighted by Gasteiger charge is 2.25. The molecule has 35 heavy (non-hydrogen) atoms. The molecule has 0 saturated carbocycles. The molecule has 0 atom stereocenters. The minimum absolute atomic E-state index is 0.162. The van der Waals surface area contributed by atoms with E-state index in [0.29, 0.717) is 53.4 Å². The Bertz CT molecular complexity index is 1320. The molecule has 11 heteroatoms. The van der Waals surface area contributed by atoms with Gasteiger partial charge in [-0.15, -0.1) is 4.68 Å². The number of nitrogens with one attached hydrogen (secondary N) is 2. The van der Waals surface area contributed by atoms with Gasteiger partial charge >= 0.3 is 5.82 Å². The average molecular weight is 477 g/mol. The molecule has 0 fully saturated rings. The molecule has 0 bridgehead atoms. The highest BCUT2D eigenvalue weighted by Crippen LogP contribution is 2.33. The number of nitrogens with zero attached hydrogens (tertiary/aromatic N) is 3. The van der Waals surface area contributed by atoms with Crippen LogP contribution in [0.5, 0.6) is 5.75 Å². The number of hydrogen-bond acceptors (Lipinski definition) is 7. The number of benzene rings is 2. The van der Waals surface area contributed by atoms with Crippen LogP contribution in [0.15, 0.2) is 55.3 Å². The van der Waals surface area contributed by atoms with Gasteiger partial charge in [0.25, 0.3) is 5.91 Å². The van der Waals surface area contributed by atoms with Gasteiger partial charge in [-0.3, -0.25) is 9.59 Å². The standard InChI is InChI=1S/C24H23N5O6/c1-3-22(30)26-20-13-17(5-7-21(20)35-11-10-34-2)28-14-19(23(27-28)29(32)33)15-4-6-18-16(12-15)8-9-25-24(18)31/h3-7,12-14H,1,8-11H2,2H3,(H,25,31)(H,26,30). The number of fused-ring (bicyclic) bond motifs is 1. The molecule has 0 radical (unpaired) electrons. The molecule has 1 aromatic heterocycles. The molecule has 1 aliphatic heterocycles. The van der Waals surface area contributed by atoms with Crippen molar-refractivity contribution < 1.29 is 24.0 Å². The van der Waals surface area contributed by atoms with E-state index >= 15 is 0 Å². The molecule has 2 heterocycles. The summed E-state index contributed by atoms with van der Waals surface area (Å²) in [6, 6.07) is 10.0. The van der Waals surface area contributed by atoms with Crippen LogP contribution in [0.4, 0.5) is 11.5 Å². The topological polar surface area (TPSA) is 138 Å². The molecular weight excluding hydrogens is 454 g/mol. The molecule has 0 aliphatic carbocycles. The van der Waals surface area contributed by atoms with Gasteiger partial charge in [0.1, 0.15) is 17.9 Å². The Morgan fingerprint density at radius 2 is 2.11 bits per heavy atom. The number of methoxy groups -OCH3 is 1. The summed E-state index contributed by atoms with van der Waals surface area (Å²) in [6.45, 7) is 4.58. The van der Waals surface area contributed by atoms with Gasteiger partial charge in [0.15, 0.2) is 0 Å². The molecule has 3 aromatic rings. The van der Waals surface area contributed by atoms with Crippen molar-refractivity contribution in [2.45, 2.75) is 6.42 Å². The monoisotopic (exact) mass is 477 g/mol.